The van der Waals surface area contributed by atoms with Crippen molar-refractivity contribution < 1.29 is 4.79 Å². The van der Waals surface area contributed by atoms with E-state index in [0.717, 1.165) is 38.0 Å². The standard InChI is InChI=1S/C18H20N6O2.C5H11N.C4H6.C2H6/c1-23-14(10-12-2-4-13(11-25)5-3-12)20-16-15(17(23)26)21-18(22-16)24-8-6-19-7-9-24;1-6-4-2-3-5-6;1-3-4-2;1-2/h2-5,11,19H,6-10H2,1H3,(H,21,22);2-5H2,1H3;1-2H3;1-2H3. The summed E-state index contributed by atoms with van der Waals surface area (Å²) in [7, 11) is 3.89. The number of anilines is 1. The summed E-state index contributed by atoms with van der Waals surface area (Å²) in [5.74, 6) is 6.69. The van der Waals surface area contributed by atoms with Gasteiger partial charge in [0.15, 0.2) is 11.2 Å². The molecule has 3 aromatic rings. The SMILES string of the molecule is CC.CC#CC.CN1CCCC1.Cn1c(Cc2ccc(C=O)cc2)nc2nc(N3CCNCC3)[nH]c2c1=O. The first-order chi connectivity index (χ1) is 18.5. The molecular formula is C29H43N7O2. The molecule has 4 heterocycles. The van der Waals surface area contributed by atoms with Gasteiger partial charge in [-0.3, -0.25) is 14.2 Å². The van der Waals surface area contributed by atoms with Crippen molar-refractivity contribution in [3.05, 3.63) is 51.6 Å². The minimum Gasteiger partial charge on any atom is -0.340 e. The lowest BCUT2D eigenvalue weighted by molar-refractivity contribution is 0.112. The highest BCUT2D eigenvalue weighted by Gasteiger charge is 2.18. The number of carbonyl (C=O) groups excluding carboxylic acids is 1. The summed E-state index contributed by atoms with van der Waals surface area (Å²) < 4.78 is 1.55. The van der Waals surface area contributed by atoms with Gasteiger partial charge in [0.1, 0.15) is 12.1 Å². The van der Waals surface area contributed by atoms with E-state index in [-0.39, 0.29) is 5.56 Å². The lowest BCUT2D eigenvalue weighted by atomic mass is 10.1. The van der Waals surface area contributed by atoms with Crippen molar-refractivity contribution in [1.82, 2.24) is 29.7 Å². The number of hydrogen-bond acceptors (Lipinski definition) is 7. The molecule has 2 aliphatic rings. The summed E-state index contributed by atoms with van der Waals surface area (Å²) in [6.45, 7) is 13.8. The van der Waals surface area contributed by atoms with Crippen molar-refractivity contribution in [2.45, 2.75) is 47.0 Å². The van der Waals surface area contributed by atoms with Crippen LogP contribution in [0.4, 0.5) is 5.95 Å². The number of piperazine rings is 1. The molecule has 2 fully saturated rings. The minimum atomic E-state index is -0.136. The molecule has 2 saturated heterocycles. The van der Waals surface area contributed by atoms with Crippen LogP contribution in [0.2, 0.25) is 0 Å². The molecule has 0 unspecified atom stereocenters. The molecule has 1 aromatic carbocycles. The molecule has 5 rings (SSSR count). The van der Waals surface area contributed by atoms with Crippen molar-refractivity contribution in [3.8, 4) is 11.8 Å². The fourth-order valence-corrected chi connectivity index (χ4v) is 4.02. The highest BCUT2D eigenvalue weighted by molar-refractivity contribution is 5.74. The molecular weight excluding hydrogens is 478 g/mol. The Morgan fingerprint density at radius 3 is 2.05 bits per heavy atom. The molecule has 2 aromatic heterocycles. The number of carbonyl (C=O) groups is 1. The average Bonchev–Trinajstić information content (AvgIpc) is 3.63. The number of aldehydes is 1. The third-order valence-corrected chi connectivity index (χ3v) is 6.29. The Bertz CT molecular complexity index is 1230. The Labute approximate surface area is 226 Å². The molecule has 0 saturated carbocycles. The van der Waals surface area contributed by atoms with Crippen molar-refractivity contribution in [1.29, 1.82) is 0 Å². The third-order valence-electron chi connectivity index (χ3n) is 6.29. The largest absolute Gasteiger partial charge is 0.340 e. The molecule has 38 heavy (non-hydrogen) atoms. The van der Waals surface area contributed by atoms with Gasteiger partial charge in [0.2, 0.25) is 5.95 Å². The number of rotatable bonds is 4. The number of likely N-dealkylation sites (tertiary alicyclic amines) is 1. The van der Waals surface area contributed by atoms with Gasteiger partial charge >= 0.3 is 0 Å². The van der Waals surface area contributed by atoms with Crippen LogP contribution in [0.25, 0.3) is 11.2 Å². The van der Waals surface area contributed by atoms with Crippen molar-refractivity contribution in [3.63, 3.8) is 0 Å². The molecule has 2 N–H and O–H groups in total. The van der Waals surface area contributed by atoms with Crippen molar-refractivity contribution in [2.75, 3.05) is 51.2 Å². The van der Waals surface area contributed by atoms with E-state index in [1.165, 1.54) is 25.9 Å². The fraction of sp³-hybridized carbons (Fsp3) is 0.517. The molecule has 2 aliphatic heterocycles. The Hall–Kier alpha value is -3.48. The van der Waals surface area contributed by atoms with Crippen LogP contribution in [-0.2, 0) is 13.5 Å². The van der Waals surface area contributed by atoms with Crippen molar-refractivity contribution in [2.24, 2.45) is 7.05 Å². The topological polar surface area (TPSA) is 99.2 Å². The molecule has 0 aliphatic carbocycles. The first-order valence-corrected chi connectivity index (χ1v) is 13.4. The summed E-state index contributed by atoms with van der Waals surface area (Å²) in [6, 6.07) is 7.26. The summed E-state index contributed by atoms with van der Waals surface area (Å²) in [5, 5.41) is 3.30. The van der Waals surface area contributed by atoms with Gasteiger partial charge in [-0.05, 0) is 52.4 Å². The van der Waals surface area contributed by atoms with Crippen LogP contribution in [0, 0.1) is 11.8 Å². The smallest absolute Gasteiger partial charge is 0.279 e. The van der Waals surface area contributed by atoms with Crippen LogP contribution >= 0.6 is 0 Å². The molecule has 0 atom stereocenters. The summed E-state index contributed by atoms with van der Waals surface area (Å²) >= 11 is 0. The number of H-pyrrole nitrogens is 1. The van der Waals surface area contributed by atoms with Crippen LogP contribution in [0.15, 0.2) is 29.1 Å². The van der Waals surface area contributed by atoms with Crippen LogP contribution in [0.5, 0.6) is 0 Å². The molecule has 0 radical (unpaired) electrons. The van der Waals surface area contributed by atoms with E-state index >= 15 is 0 Å². The second kappa shape index (κ2) is 16.4. The zero-order chi connectivity index (χ0) is 27.9. The number of hydrogen-bond donors (Lipinski definition) is 2. The van der Waals surface area contributed by atoms with Gasteiger partial charge in [-0.15, -0.1) is 11.8 Å². The second-order valence-electron chi connectivity index (χ2n) is 8.93. The first-order valence-electron chi connectivity index (χ1n) is 13.4. The number of aromatic nitrogens is 4. The third kappa shape index (κ3) is 8.82. The van der Waals surface area contributed by atoms with Gasteiger partial charge in [-0.1, -0.05) is 38.1 Å². The highest BCUT2D eigenvalue weighted by Crippen LogP contribution is 2.15. The minimum absolute atomic E-state index is 0.136. The predicted octanol–water partition coefficient (Wildman–Crippen LogP) is 3.24. The molecule has 0 amide bonds. The van der Waals surface area contributed by atoms with E-state index in [0.29, 0.717) is 34.9 Å². The van der Waals surface area contributed by atoms with E-state index in [2.05, 4.69) is 49.0 Å². The van der Waals surface area contributed by atoms with Crippen LogP contribution in [0.3, 0.4) is 0 Å². The molecule has 9 heteroatoms. The van der Waals surface area contributed by atoms with Gasteiger partial charge in [0, 0.05) is 45.2 Å². The molecule has 0 spiro atoms. The van der Waals surface area contributed by atoms with E-state index < -0.39 is 0 Å². The second-order valence-corrected chi connectivity index (χ2v) is 8.93. The van der Waals surface area contributed by atoms with Gasteiger partial charge in [-0.25, -0.2) is 4.98 Å². The van der Waals surface area contributed by atoms with Crippen LogP contribution < -0.4 is 15.8 Å². The number of imidazole rings is 1. The zero-order valence-corrected chi connectivity index (χ0v) is 23.8. The molecule has 9 nitrogen and oxygen atoms in total. The maximum atomic E-state index is 12.7. The Morgan fingerprint density at radius 1 is 0.947 bits per heavy atom. The molecule has 206 valence electrons. The van der Waals surface area contributed by atoms with Crippen molar-refractivity contribution >= 4 is 23.4 Å². The van der Waals surface area contributed by atoms with Gasteiger partial charge < -0.3 is 20.1 Å². The van der Waals surface area contributed by atoms with Gasteiger partial charge in [0.25, 0.3) is 5.56 Å². The fourth-order valence-electron chi connectivity index (χ4n) is 4.02. The highest BCUT2D eigenvalue weighted by atomic mass is 16.1. The summed E-state index contributed by atoms with van der Waals surface area (Å²) in [4.78, 5) is 40.2. The lowest BCUT2D eigenvalue weighted by Crippen LogP contribution is -2.44. The zero-order valence-electron chi connectivity index (χ0n) is 23.8. The summed E-state index contributed by atoms with van der Waals surface area (Å²) in [6.07, 6.45) is 4.13. The van der Waals surface area contributed by atoms with Crippen LogP contribution in [-0.4, -0.2) is 77.0 Å². The number of nitrogens with one attached hydrogen (secondary N) is 2. The predicted molar refractivity (Wildman–Crippen MR) is 156 cm³/mol. The monoisotopic (exact) mass is 521 g/mol. The van der Waals surface area contributed by atoms with Gasteiger partial charge in [0.05, 0.1) is 0 Å². The van der Waals surface area contributed by atoms with Crippen LogP contribution in [0.1, 0.15) is 62.3 Å². The lowest BCUT2D eigenvalue weighted by Gasteiger charge is -2.26. The number of nitrogens with zero attached hydrogens (tertiary/aromatic N) is 5. The number of aromatic amines is 1. The number of benzene rings is 1. The van der Waals surface area contributed by atoms with Gasteiger partial charge in [-0.2, -0.15) is 4.98 Å². The van der Waals surface area contributed by atoms with E-state index in [1.807, 2.05) is 39.8 Å². The first kappa shape index (κ1) is 30.7. The quantitative estimate of drug-likeness (QED) is 0.402. The maximum absolute atomic E-state index is 12.7. The van der Waals surface area contributed by atoms with E-state index in [9.17, 15) is 9.59 Å². The Kier molecular flexibility index (Phi) is 13.3. The van der Waals surface area contributed by atoms with E-state index in [1.54, 1.807) is 23.7 Å². The van der Waals surface area contributed by atoms with E-state index in [4.69, 9.17) is 0 Å². The number of fused-ring (bicyclic) bond motifs is 1. The normalized spacial score (nSPS) is 14.6. The molecule has 0 bridgehead atoms. The Morgan fingerprint density at radius 2 is 1.55 bits per heavy atom. The maximum Gasteiger partial charge on any atom is 0.279 e. The average molecular weight is 522 g/mol. The Balaban J connectivity index is 0.000000354. The summed E-state index contributed by atoms with van der Waals surface area (Å²) in [5.41, 5.74) is 2.35.